The fraction of sp³-hybridized carbons (Fsp3) is 0.500. The van der Waals surface area contributed by atoms with E-state index in [1.807, 2.05) is 6.26 Å². The van der Waals surface area contributed by atoms with Crippen LogP contribution in [-0.2, 0) is 6.42 Å². The molecule has 0 unspecified atom stereocenters. The molecule has 1 N–H and O–H groups in total. The second kappa shape index (κ2) is 8.98. The molecule has 1 aliphatic carbocycles. The topological polar surface area (TPSA) is 106 Å². The molecule has 9 heteroatoms. The van der Waals surface area contributed by atoms with E-state index in [1.165, 1.54) is 50.1 Å². The Morgan fingerprint density at radius 3 is 2.89 bits per heavy atom. The molecule has 2 aromatic rings. The Morgan fingerprint density at radius 2 is 2.19 bits per heavy atom. The van der Waals surface area contributed by atoms with Crippen molar-refractivity contribution in [3.8, 4) is 5.75 Å². The number of thioether (sulfide) groups is 1. The Kier molecular flexibility index (Phi) is 6.44. The van der Waals surface area contributed by atoms with Gasteiger partial charge in [0.1, 0.15) is 11.6 Å². The van der Waals surface area contributed by atoms with Gasteiger partial charge in [-0.3, -0.25) is 15.1 Å². The van der Waals surface area contributed by atoms with Gasteiger partial charge in [0.2, 0.25) is 0 Å². The van der Waals surface area contributed by atoms with E-state index in [0.717, 1.165) is 23.8 Å². The van der Waals surface area contributed by atoms with Crippen LogP contribution in [0.15, 0.2) is 28.3 Å². The molecule has 0 aliphatic heterocycles. The SMILES string of the molecule is CSc1nnc(CCCN=Cc2cc([N+](=O)[O-])ccc2O)n1C1CCCC1. The van der Waals surface area contributed by atoms with Crippen LogP contribution in [0.4, 0.5) is 5.69 Å². The van der Waals surface area contributed by atoms with Crippen molar-refractivity contribution in [2.45, 2.75) is 49.7 Å². The molecule has 1 aliphatic rings. The average Bonchev–Trinajstić information content (AvgIpc) is 3.31. The number of aromatic hydroxyl groups is 1. The summed E-state index contributed by atoms with van der Waals surface area (Å²) in [5.74, 6) is 0.981. The van der Waals surface area contributed by atoms with Gasteiger partial charge in [-0.25, -0.2) is 0 Å². The van der Waals surface area contributed by atoms with Crippen LogP contribution < -0.4 is 0 Å². The largest absolute Gasteiger partial charge is 0.507 e. The number of nitro benzene ring substituents is 1. The standard InChI is InChI=1S/C18H23N5O3S/c1-27-18-21-20-17(22(18)14-5-2-3-6-14)7-4-10-19-12-13-11-15(23(25)26)8-9-16(13)24/h8-9,11-12,14,24H,2-7,10H2,1H3. The molecule has 1 fully saturated rings. The zero-order valence-electron chi connectivity index (χ0n) is 15.2. The zero-order chi connectivity index (χ0) is 19.2. The lowest BCUT2D eigenvalue weighted by Gasteiger charge is -2.15. The van der Waals surface area contributed by atoms with Gasteiger partial charge in [-0.15, -0.1) is 10.2 Å². The number of benzene rings is 1. The summed E-state index contributed by atoms with van der Waals surface area (Å²) in [6, 6.07) is 4.40. The first kappa shape index (κ1) is 19.3. The quantitative estimate of drug-likeness (QED) is 0.242. The smallest absolute Gasteiger partial charge is 0.270 e. The van der Waals surface area contributed by atoms with Crippen molar-refractivity contribution in [2.24, 2.45) is 4.99 Å². The summed E-state index contributed by atoms with van der Waals surface area (Å²) in [4.78, 5) is 14.6. The van der Waals surface area contributed by atoms with Crippen LogP contribution in [0.3, 0.4) is 0 Å². The zero-order valence-corrected chi connectivity index (χ0v) is 16.1. The van der Waals surface area contributed by atoms with Crippen LogP contribution >= 0.6 is 11.8 Å². The minimum absolute atomic E-state index is 0.0186. The van der Waals surface area contributed by atoms with E-state index in [9.17, 15) is 15.2 Å². The van der Waals surface area contributed by atoms with Gasteiger partial charge >= 0.3 is 0 Å². The summed E-state index contributed by atoms with van der Waals surface area (Å²) in [6.07, 6.45) is 9.96. The fourth-order valence-electron chi connectivity index (χ4n) is 3.40. The number of nitro groups is 1. The maximum Gasteiger partial charge on any atom is 0.270 e. The molecule has 1 aromatic carbocycles. The van der Waals surface area contributed by atoms with Crippen LogP contribution in [0.25, 0.3) is 0 Å². The number of aliphatic imine (C=N–C) groups is 1. The van der Waals surface area contributed by atoms with Gasteiger partial charge in [-0.2, -0.15) is 0 Å². The number of phenols is 1. The van der Waals surface area contributed by atoms with E-state index >= 15 is 0 Å². The second-order valence-corrected chi connectivity index (χ2v) is 7.32. The van der Waals surface area contributed by atoms with Gasteiger partial charge in [-0.1, -0.05) is 24.6 Å². The normalized spacial score (nSPS) is 15.0. The number of hydrogen-bond acceptors (Lipinski definition) is 7. The summed E-state index contributed by atoms with van der Waals surface area (Å²) in [7, 11) is 0. The summed E-state index contributed by atoms with van der Waals surface area (Å²) >= 11 is 1.63. The van der Waals surface area contributed by atoms with Crippen LogP contribution in [-0.4, -0.2) is 43.8 Å². The van der Waals surface area contributed by atoms with E-state index in [4.69, 9.17) is 0 Å². The molecule has 8 nitrogen and oxygen atoms in total. The summed E-state index contributed by atoms with van der Waals surface area (Å²) in [5.41, 5.74) is 0.284. The average molecular weight is 389 g/mol. The molecule has 1 aromatic heterocycles. The first-order valence-corrected chi connectivity index (χ1v) is 10.3. The van der Waals surface area contributed by atoms with Crippen molar-refractivity contribution in [2.75, 3.05) is 12.8 Å². The van der Waals surface area contributed by atoms with Crippen LogP contribution in [0.1, 0.15) is 49.5 Å². The van der Waals surface area contributed by atoms with Crippen molar-refractivity contribution in [3.05, 3.63) is 39.7 Å². The fourth-order valence-corrected chi connectivity index (χ4v) is 3.97. The van der Waals surface area contributed by atoms with Gasteiger partial charge in [0.05, 0.1) is 4.92 Å². The highest BCUT2D eigenvalue weighted by Crippen LogP contribution is 2.33. The highest BCUT2D eigenvalue weighted by atomic mass is 32.2. The van der Waals surface area contributed by atoms with E-state index in [-0.39, 0.29) is 11.4 Å². The molecular formula is C18H23N5O3S. The van der Waals surface area contributed by atoms with Crippen molar-refractivity contribution in [1.29, 1.82) is 0 Å². The Hall–Kier alpha value is -2.42. The molecule has 0 atom stereocenters. The highest BCUT2D eigenvalue weighted by molar-refractivity contribution is 7.98. The number of nitrogens with zero attached hydrogens (tertiary/aromatic N) is 5. The summed E-state index contributed by atoms with van der Waals surface area (Å²) in [5, 5.41) is 30.3. The lowest BCUT2D eigenvalue weighted by atomic mass is 10.2. The third kappa shape index (κ3) is 4.65. The first-order chi connectivity index (χ1) is 13.1. The van der Waals surface area contributed by atoms with Gasteiger partial charge < -0.3 is 9.67 Å². The van der Waals surface area contributed by atoms with Crippen molar-refractivity contribution in [1.82, 2.24) is 14.8 Å². The Labute approximate surface area is 161 Å². The van der Waals surface area contributed by atoms with Crippen LogP contribution in [0.5, 0.6) is 5.75 Å². The monoisotopic (exact) mass is 389 g/mol. The number of hydrogen-bond donors (Lipinski definition) is 1. The molecular weight excluding hydrogens is 366 g/mol. The third-order valence-electron chi connectivity index (χ3n) is 4.75. The van der Waals surface area contributed by atoms with Gasteiger partial charge in [0.25, 0.3) is 5.69 Å². The molecule has 3 rings (SSSR count). The Morgan fingerprint density at radius 1 is 1.41 bits per heavy atom. The molecule has 1 saturated carbocycles. The predicted molar refractivity (Wildman–Crippen MR) is 105 cm³/mol. The maximum absolute atomic E-state index is 10.8. The minimum atomic E-state index is -0.490. The number of rotatable bonds is 8. The molecule has 0 amide bonds. The van der Waals surface area contributed by atoms with Crippen LogP contribution in [0.2, 0.25) is 0 Å². The molecule has 0 bridgehead atoms. The molecule has 27 heavy (non-hydrogen) atoms. The first-order valence-electron chi connectivity index (χ1n) is 9.05. The third-order valence-corrected chi connectivity index (χ3v) is 5.39. The lowest BCUT2D eigenvalue weighted by molar-refractivity contribution is -0.384. The Bertz CT molecular complexity index is 830. The van der Waals surface area contributed by atoms with Crippen molar-refractivity contribution < 1.29 is 10.0 Å². The van der Waals surface area contributed by atoms with E-state index in [0.29, 0.717) is 18.2 Å². The predicted octanol–water partition coefficient (Wildman–Crippen LogP) is 3.78. The van der Waals surface area contributed by atoms with Crippen molar-refractivity contribution >= 4 is 23.7 Å². The maximum atomic E-state index is 10.8. The number of non-ortho nitro benzene ring substituents is 1. The number of aromatic nitrogens is 3. The second-order valence-electron chi connectivity index (χ2n) is 6.55. The van der Waals surface area contributed by atoms with Gasteiger partial charge in [0, 0.05) is 42.9 Å². The molecule has 1 heterocycles. The Balaban J connectivity index is 1.59. The van der Waals surface area contributed by atoms with Gasteiger partial charge in [-0.05, 0) is 31.6 Å². The van der Waals surface area contributed by atoms with Gasteiger partial charge in [0.15, 0.2) is 5.16 Å². The molecule has 0 spiro atoms. The summed E-state index contributed by atoms with van der Waals surface area (Å²) < 4.78 is 2.29. The summed E-state index contributed by atoms with van der Waals surface area (Å²) in [6.45, 7) is 0.550. The lowest BCUT2D eigenvalue weighted by Crippen LogP contribution is -2.11. The number of aryl methyl sites for hydroxylation is 1. The highest BCUT2D eigenvalue weighted by Gasteiger charge is 2.23. The van der Waals surface area contributed by atoms with E-state index in [1.54, 1.807) is 11.8 Å². The molecule has 0 saturated heterocycles. The van der Waals surface area contributed by atoms with Crippen molar-refractivity contribution in [3.63, 3.8) is 0 Å². The van der Waals surface area contributed by atoms with E-state index in [2.05, 4.69) is 19.8 Å². The number of phenolic OH excluding ortho intramolecular Hbond substituents is 1. The van der Waals surface area contributed by atoms with E-state index < -0.39 is 4.92 Å². The molecule has 144 valence electrons. The van der Waals surface area contributed by atoms with Crippen LogP contribution in [0, 0.1) is 10.1 Å². The molecule has 0 radical (unpaired) electrons. The minimum Gasteiger partial charge on any atom is -0.507 e.